The number of carbonyl (C=O) groups excluding carboxylic acids is 1. The molecule has 0 bridgehead atoms. The smallest absolute Gasteiger partial charge is 0.274 e. The molecule has 6 heteroatoms. The monoisotopic (exact) mass is 385 g/mol. The molecule has 2 aliphatic carbocycles. The van der Waals surface area contributed by atoms with E-state index in [1.807, 2.05) is 24.3 Å². The van der Waals surface area contributed by atoms with Gasteiger partial charge in [0.1, 0.15) is 0 Å². The first-order chi connectivity index (χ1) is 13.2. The van der Waals surface area contributed by atoms with Gasteiger partial charge < -0.3 is 5.32 Å². The molecular formula is C21H27N3O2S. The van der Waals surface area contributed by atoms with E-state index in [2.05, 4.69) is 10.4 Å². The van der Waals surface area contributed by atoms with Gasteiger partial charge in [-0.3, -0.25) is 9.59 Å². The zero-order chi connectivity index (χ0) is 18.6. The Morgan fingerprint density at radius 1 is 1.07 bits per heavy atom. The molecule has 1 N–H and O–H groups in total. The lowest BCUT2D eigenvalue weighted by atomic mass is 10.1. The maximum absolute atomic E-state index is 12.9. The van der Waals surface area contributed by atoms with Crippen LogP contribution < -0.4 is 10.9 Å². The van der Waals surface area contributed by atoms with E-state index in [-0.39, 0.29) is 17.5 Å². The van der Waals surface area contributed by atoms with Gasteiger partial charge in [-0.25, -0.2) is 4.68 Å². The molecule has 2 fully saturated rings. The molecule has 0 atom stereocenters. The van der Waals surface area contributed by atoms with Gasteiger partial charge in [-0.2, -0.15) is 5.10 Å². The van der Waals surface area contributed by atoms with E-state index >= 15 is 0 Å². The summed E-state index contributed by atoms with van der Waals surface area (Å²) >= 11 is 1.77. The zero-order valence-electron chi connectivity index (χ0n) is 15.7. The van der Waals surface area contributed by atoms with Crippen molar-refractivity contribution < 1.29 is 4.79 Å². The van der Waals surface area contributed by atoms with E-state index in [1.165, 1.54) is 25.7 Å². The Bertz CT molecular complexity index is 867. The van der Waals surface area contributed by atoms with Crippen molar-refractivity contribution >= 4 is 28.4 Å². The third kappa shape index (κ3) is 4.21. The van der Waals surface area contributed by atoms with Crippen molar-refractivity contribution in [3.63, 3.8) is 0 Å². The van der Waals surface area contributed by atoms with Gasteiger partial charge >= 0.3 is 0 Å². The number of nitrogens with zero attached hydrogens (tertiary/aromatic N) is 2. The van der Waals surface area contributed by atoms with Crippen LogP contribution in [0, 0.1) is 0 Å². The van der Waals surface area contributed by atoms with E-state index in [4.69, 9.17) is 0 Å². The van der Waals surface area contributed by atoms with Gasteiger partial charge in [0.25, 0.3) is 5.56 Å². The molecular weight excluding hydrogens is 358 g/mol. The number of fused-ring (bicyclic) bond motifs is 1. The fraction of sp³-hybridized carbons (Fsp3) is 0.571. The Balaban J connectivity index is 1.50. The average molecular weight is 386 g/mol. The highest BCUT2D eigenvalue weighted by atomic mass is 32.2. The summed E-state index contributed by atoms with van der Waals surface area (Å²) in [6, 6.07) is 7.80. The summed E-state index contributed by atoms with van der Waals surface area (Å²) in [5.41, 5.74) is 0.778. The average Bonchev–Trinajstić information content (AvgIpc) is 3.40. The Morgan fingerprint density at radius 2 is 1.74 bits per heavy atom. The number of benzene rings is 1. The fourth-order valence-electron chi connectivity index (χ4n) is 4.28. The third-order valence-electron chi connectivity index (χ3n) is 5.78. The predicted octanol–water partition coefficient (Wildman–Crippen LogP) is 3.80. The summed E-state index contributed by atoms with van der Waals surface area (Å²) in [6.07, 6.45) is 9.36. The van der Waals surface area contributed by atoms with E-state index in [1.54, 1.807) is 16.4 Å². The highest BCUT2D eigenvalue weighted by molar-refractivity contribution is 8.00. The standard InChI is InChI=1S/C21H27N3O2S/c25-20(14-27-16-9-3-4-10-16)22-13-19-17-11-5-6-12-18(17)21(26)24(23-19)15-7-1-2-8-15/h5-6,11-12,15-16H,1-4,7-10,13-14H2,(H,22,25). The van der Waals surface area contributed by atoms with Crippen LogP contribution in [0.15, 0.2) is 29.1 Å². The topological polar surface area (TPSA) is 64.0 Å². The summed E-state index contributed by atoms with van der Waals surface area (Å²) in [4.78, 5) is 25.2. The molecule has 0 saturated heterocycles. The molecule has 2 saturated carbocycles. The summed E-state index contributed by atoms with van der Waals surface area (Å²) < 4.78 is 1.67. The van der Waals surface area contributed by atoms with Crippen LogP contribution in [0.2, 0.25) is 0 Å². The first-order valence-electron chi connectivity index (χ1n) is 10.1. The van der Waals surface area contributed by atoms with Gasteiger partial charge in [0.2, 0.25) is 5.91 Å². The van der Waals surface area contributed by atoms with Gasteiger partial charge in [0.05, 0.1) is 29.4 Å². The molecule has 1 aromatic heterocycles. The highest BCUT2D eigenvalue weighted by Gasteiger charge is 2.22. The molecule has 2 aromatic rings. The number of thioether (sulfide) groups is 1. The molecule has 5 nitrogen and oxygen atoms in total. The second-order valence-electron chi connectivity index (χ2n) is 7.67. The van der Waals surface area contributed by atoms with Crippen LogP contribution in [-0.2, 0) is 11.3 Å². The summed E-state index contributed by atoms with van der Waals surface area (Å²) in [5, 5.41) is 9.87. The molecule has 0 spiro atoms. The van der Waals surface area contributed by atoms with E-state index < -0.39 is 0 Å². The summed E-state index contributed by atoms with van der Waals surface area (Å²) in [6.45, 7) is 0.373. The first kappa shape index (κ1) is 18.5. The lowest BCUT2D eigenvalue weighted by Gasteiger charge is -2.16. The number of amides is 1. The Morgan fingerprint density at radius 3 is 2.48 bits per heavy atom. The second kappa shape index (κ2) is 8.46. The molecule has 27 heavy (non-hydrogen) atoms. The number of nitrogens with one attached hydrogen (secondary N) is 1. The highest BCUT2D eigenvalue weighted by Crippen LogP contribution is 2.29. The lowest BCUT2D eigenvalue weighted by Crippen LogP contribution is -2.31. The molecule has 1 heterocycles. The molecule has 144 valence electrons. The largest absolute Gasteiger partial charge is 0.350 e. The molecule has 0 unspecified atom stereocenters. The quantitative estimate of drug-likeness (QED) is 0.821. The van der Waals surface area contributed by atoms with Crippen LogP contribution in [-0.4, -0.2) is 26.7 Å². The first-order valence-corrected chi connectivity index (χ1v) is 11.2. The van der Waals surface area contributed by atoms with Crippen molar-refractivity contribution in [1.29, 1.82) is 0 Å². The summed E-state index contributed by atoms with van der Waals surface area (Å²) in [5.74, 6) is 0.557. The van der Waals surface area contributed by atoms with Gasteiger partial charge in [-0.15, -0.1) is 11.8 Å². The van der Waals surface area contributed by atoms with Gasteiger partial charge in [-0.05, 0) is 31.7 Å². The van der Waals surface area contributed by atoms with Crippen molar-refractivity contribution in [2.45, 2.75) is 69.2 Å². The number of carbonyl (C=O) groups is 1. The van der Waals surface area contributed by atoms with Crippen molar-refractivity contribution in [3.8, 4) is 0 Å². The van der Waals surface area contributed by atoms with Gasteiger partial charge in [-0.1, -0.05) is 43.9 Å². The van der Waals surface area contributed by atoms with Crippen molar-refractivity contribution in [2.75, 3.05) is 5.75 Å². The lowest BCUT2D eigenvalue weighted by molar-refractivity contribution is -0.118. The SMILES string of the molecule is O=C(CSC1CCCC1)NCc1nn(C2CCCC2)c(=O)c2ccccc12. The fourth-order valence-corrected chi connectivity index (χ4v) is 5.44. The Hall–Kier alpha value is -1.82. The van der Waals surface area contributed by atoms with Crippen LogP contribution in [0.3, 0.4) is 0 Å². The molecule has 1 amide bonds. The minimum absolute atomic E-state index is 0.00985. The van der Waals surface area contributed by atoms with Crippen LogP contribution in [0.5, 0.6) is 0 Å². The van der Waals surface area contributed by atoms with E-state index in [0.717, 1.165) is 36.8 Å². The van der Waals surface area contributed by atoms with Crippen molar-refractivity contribution in [3.05, 3.63) is 40.3 Å². The van der Waals surface area contributed by atoms with E-state index in [9.17, 15) is 9.59 Å². The molecule has 0 aliphatic heterocycles. The van der Waals surface area contributed by atoms with Gasteiger partial charge in [0.15, 0.2) is 0 Å². The van der Waals surface area contributed by atoms with Crippen molar-refractivity contribution in [2.24, 2.45) is 0 Å². The van der Waals surface area contributed by atoms with Crippen LogP contribution in [0.4, 0.5) is 0 Å². The zero-order valence-corrected chi connectivity index (χ0v) is 16.5. The molecule has 1 aromatic carbocycles. The van der Waals surface area contributed by atoms with Crippen molar-refractivity contribution in [1.82, 2.24) is 15.1 Å². The predicted molar refractivity (Wildman–Crippen MR) is 110 cm³/mol. The van der Waals surface area contributed by atoms with E-state index in [0.29, 0.717) is 22.9 Å². The normalized spacial score (nSPS) is 18.4. The summed E-state index contributed by atoms with van der Waals surface area (Å²) in [7, 11) is 0. The number of aromatic nitrogens is 2. The molecule has 2 aliphatic rings. The third-order valence-corrected chi connectivity index (χ3v) is 7.15. The van der Waals surface area contributed by atoms with Gasteiger partial charge in [0, 0.05) is 10.6 Å². The Kier molecular flexibility index (Phi) is 5.81. The maximum Gasteiger partial charge on any atom is 0.274 e. The second-order valence-corrected chi connectivity index (χ2v) is 8.96. The minimum Gasteiger partial charge on any atom is -0.350 e. The maximum atomic E-state index is 12.9. The minimum atomic E-state index is -0.00985. The molecule has 4 rings (SSSR count). The Labute approximate surface area is 163 Å². The number of rotatable bonds is 6. The van der Waals surface area contributed by atoms with Crippen LogP contribution in [0.25, 0.3) is 10.8 Å². The number of hydrogen-bond donors (Lipinski definition) is 1. The number of hydrogen-bond acceptors (Lipinski definition) is 4. The van der Waals surface area contributed by atoms with Crippen LogP contribution in [0.1, 0.15) is 63.1 Å². The molecule has 0 radical (unpaired) electrons. The van der Waals surface area contributed by atoms with Crippen LogP contribution >= 0.6 is 11.8 Å².